The lowest BCUT2D eigenvalue weighted by atomic mass is 10.1. The van der Waals surface area contributed by atoms with Gasteiger partial charge >= 0.3 is 5.63 Å². The van der Waals surface area contributed by atoms with Gasteiger partial charge in [0.05, 0.1) is 10.9 Å². The Balaban J connectivity index is 1.80. The van der Waals surface area contributed by atoms with Crippen LogP contribution in [0.25, 0.3) is 10.9 Å². The van der Waals surface area contributed by atoms with E-state index >= 15 is 0 Å². The maximum Gasteiger partial charge on any atom is 0.348 e. The van der Waals surface area contributed by atoms with Gasteiger partial charge in [-0.2, -0.15) is 4.98 Å². The van der Waals surface area contributed by atoms with Crippen LogP contribution in [0.15, 0.2) is 51.7 Å². The Morgan fingerprint density at radius 2 is 1.96 bits per heavy atom. The molecule has 0 saturated carbocycles. The number of hydrogen-bond donors (Lipinski definition) is 2. The van der Waals surface area contributed by atoms with Crippen molar-refractivity contribution in [3.63, 3.8) is 0 Å². The van der Waals surface area contributed by atoms with Crippen LogP contribution in [-0.4, -0.2) is 23.5 Å². The fourth-order valence-corrected chi connectivity index (χ4v) is 2.64. The molecule has 0 fully saturated rings. The third-order valence-corrected chi connectivity index (χ3v) is 3.74. The van der Waals surface area contributed by atoms with E-state index in [0.29, 0.717) is 27.9 Å². The molecule has 1 amide bonds. The van der Waals surface area contributed by atoms with E-state index in [-0.39, 0.29) is 24.6 Å². The van der Waals surface area contributed by atoms with Crippen molar-refractivity contribution in [2.45, 2.75) is 26.8 Å². The van der Waals surface area contributed by atoms with E-state index in [1.807, 2.05) is 32.0 Å². The third-order valence-electron chi connectivity index (χ3n) is 3.74. The van der Waals surface area contributed by atoms with Gasteiger partial charge in [-0.1, -0.05) is 18.2 Å². The van der Waals surface area contributed by atoms with E-state index < -0.39 is 5.63 Å². The van der Waals surface area contributed by atoms with Crippen LogP contribution in [0, 0.1) is 6.92 Å². The molecule has 140 valence electrons. The number of rotatable bonds is 6. The Labute approximate surface area is 156 Å². The summed E-state index contributed by atoms with van der Waals surface area (Å²) >= 11 is 0. The summed E-state index contributed by atoms with van der Waals surface area (Å²) in [6, 6.07) is 12.7. The highest BCUT2D eigenvalue weighted by atomic mass is 16.5. The van der Waals surface area contributed by atoms with Crippen molar-refractivity contribution < 1.29 is 13.9 Å². The fourth-order valence-electron chi connectivity index (χ4n) is 2.64. The summed E-state index contributed by atoms with van der Waals surface area (Å²) in [5, 5.41) is 6.13. The van der Waals surface area contributed by atoms with Gasteiger partial charge in [-0.25, -0.2) is 4.79 Å². The number of ether oxygens (including phenoxy) is 1. The average Bonchev–Trinajstić information content (AvgIpc) is 2.59. The number of amides is 1. The molecule has 0 aliphatic rings. The number of nitrogens with one attached hydrogen (secondary N) is 2. The van der Waals surface area contributed by atoms with Crippen molar-refractivity contribution in [1.82, 2.24) is 4.98 Å². The molecule has 1 heterocycles. The lowest BCUT2D eigenvalue weighted by molar-refractivity contribution is -0.118. The van der Waals surface area contributed by atoms with Crippen LogP contribution in [0.1, 0.15) is 19.4 Å². The molecule has 0 aliphatic carbocycles. The SMILES string of the molecule is Cc1cc(NC(=O)COc2ccccc2)cc2nc(NC(C)C)oc(=O)c12. The molecule has 0 bridgehead atoms. The van der Waals surface area contributed by atoms with Crippen molar-refractivity contribution in [2.75, 3.05) is 17.2 Å². The fraction of sp³-hybridized carbons (Fsp3) is 0.250. The summed E-state index contributed by atoms with van der Waals surface area (Å²) in [7, 11) is 0. The predicted octanol–water partition coefficient (Wildman–Crippen LogP) is 3.33. The lowest BCUT2D eigenvalue weighted by Crippen LogP contribution is -2.20. The van der Waals surface area contributed by atoms with E-state index in [1.165, 1.54) is 0 Å². The minimum absolute atomic E-state index is 0.0669. The van der Waals surface area contributed by atoms with Gasteiger partial charge in [0.1, 0.15) is 5.75 Å². The Hall–Kier alpha value is -3.35. The van der Waals surface area contributed by atoms with Crippen LogP contribution in [0.5, 0.6) is 5.75 Å². The van der Waals surface area contributed by atoms with Crippen molar-refractivity contribution in [3.8, 4) is 5.75 Å². The molecule has 0 saturated heterocycles. The summed E-state index contributed by atoms with van der Waals surface area (Å²) in [6.07, 6.45) is 0. The molecule has 0 radical (unpaired) electrons. The molecule has 0 atom stereocenters. The maximum atomic E-state index is 12.2. The number of carbonyl (C=O) groups excluding carboxylic acids is 1. The Bertz CT molecular complexity index is 1010. The first kappa shape index (κ1) is 18.4. The Kier molecular flexibility index (Phi) is 5.40. The van der Waals surface area contributed by atoms with Crippen molar-refractivity contribution in [1.29, 1.82) is 0 Å². The molecule has 7 heteroatoms. The number of aryl methyl sites for hydroxylation is 1. The smallest absolute Gasteiger partial charge is 0.348 e. The quantitative estimate of drug-likeness (QED) is 0.694. The molecule has 0 unspecified atom stereocenters. The molecule has 0 aliphatic heterocycles. The first-order valence-corrected chi connectivity index (χ1v) is 8.62. The maximum absolute atomic E-state index is 12.2. The normalized spacial score (nSPS) is 10.8. The zero-order chi connectivity index (χ0) is 19.4. The van der Waals surface area contributed by atoms with E-state index in [1.54, 1.807) is 31.2 Å². The van der Waals surface area contributed by atoms with Crippen LogP contribution < -0.4 is 21.0 Å². The molecule has 27 heavy (non-hydrogen) atoms. The predicted molar refractivity (Wildman–Crippen MR) is 104 cm³/mol. The largest absolute Gasteiger partial charge is 0.484 e. The highest BCUT2D eigenvalue weighted by Crippen LogP contribution is 2.21. The molecule has 0 spiro atoms. The van der Waals surface area contributed by atoms with Crippen LogP contribution >= 0.6 is 0 Å². The van der Waals surface area contributed by atoms with Gasteiger partial charge in [0.25, 0.3) is 11.9 Å². The van der Waals surface area contributed by atoms with E-state index in [4.69, 9.17) is 9.15 Å². The van der Waals surface area contributed by atoms with Crippen molar-refractivity contribution >= 4 is 28.5 Å². The van der Waals surface area contributed by atoms with Gasteiger partial charge in [-0.3, -0.25) is 4.79 Å². The van der Waals surface area contributed by atoms with Crippen LogP contribution in [-0.2, 0) is 4.79 Å². The number of aromatic nitrogens is 1. The molecule has 1 aromatic heterocycles. The summed E-state index contributed by atoms with van der Waals surface area (Å²) in [6.45, 7) is 5.49. The molecule has 3 aromatic rings. The Morgan fingerprint density at radius 3 is 2.67 bits per heavy atom. The topological polar surface area (TPSA) is 93.5 Å². The minimum atomic E-state index is -0.467. The summed E-state index contributed by atoms with van der Waals surface area (Å²) in [5.41, 5.74) is 1.19. The summed E-state index contributed by atoms with van der Waals surface area (Å²) < 4.78 is 10.6. The van der Waals surface area contributed by atoms with E-state index in [0.717, 1.165) is 0 Å². The second-order valence-electron chi connectivity index (χ2n) is 6.44. The third kappa shape index (κ3) is 4.63. The summed E-state index contributed by atoms with van der Waals surface area (Å²) in [5.74, 6) is 0.312. The zero-order valence-electron chi connectivity index (χ0n) is 15.4. The van der Waals surface area contributed by atoms with Crippen molar-refractivity contribution in [2.24, 2.45) is 0 Å². The highest BCUT2D eigenvalue weighted by molar-refractivity contribution is 5.95. The van der Waals surface area contributed by atoms with Crippen LogP contribution in [0.3, 0.4) is 0 Å². The van der Waals surface area contributed by atoms with Crippen LogP contribution in [0.2, 0.25) is 0 Å². The van der Waals surface area contributed by atoms with Gasteiger partial charge in [-0.05, 0) is 50.6 Å². The van der Waals surface area contributed by atoms with Crippen LogP contribution in [0.4, 0.5) is 11.7 Å². The lowest BCUT2D eigenvalue weighted by Gasteiger charge is -2.11. The number of hydrogen-bond acceptors (Lipinski definition) is 6. The van der Waals surface area contributed by atoms with Gasteiger partial charge < -0.3 is 19.8 Å². The Morgan fingerprint density at radius 1 is 1.22 bits per heavy atom. The van der Waals surface area contributed by atoms with Gasteiger partial charge in [0.2, 0.25) is 0 Å². The standard InChI is InChI=1S/C20H21N3O4/c1-12(2)21-20-23-16-10-14(9-13(3)18(16)19(25)27-20)22-17(24)11-26-15-7-5-4-6-8-15/h4-10,12H,11H2,1-3H3,(H,21,23)(H,22,24). The first-order valence-electron chi connectivity index (χ1n) is 8.62. The average molecular weight is 367 g/mol. The van der Waals surface area contributed by atoms with E-state index in [9.17, 15) is 9.59 Å². The molecular weight excluding hydrogens is 346 g/mol. The minimum Gasteiger partial charge on any atom is -0.484 e. The summed E-state index contributed by atoms with van der Waals surface area (Å²) in [4.78, 5) is 28.7. The number of fused-ring (bicyclic) bond motifs is 1. The van der Waals surface area contributed by atoms with Crippen molar-refractivity contribution in [3.05, 3.63) is 58.4 Å². The molecular formula is C20H21N3O4. The monoisotopic (exact) mass is 367 g/mol. The van der Waals surface area contributed by atoms with Gasteiger partial charge in [-0.15, -0.1) is 0 Å². The zero-order valence-corrected chi connectivity index (χ0v) is 15.4. The number of carbonyl (C=O) groups is 1. The van der Waals surface area contributed by atoms with Gasteiger partial charge in [0.15, 0.2) is 6.61 Å². The second kappa shape index (κ2) is 7.90. The highest BCUT2D eigenvalue weighted by Gasteiger charge is 2.12. The van der Waals surface area contributed by atoms with Gasteiger partial charge in [0, 0.05) is 11.7 Å². The number of anilines is 2. The second-order valence-corrected chi connectivity index (χ2v) is 6.44. The molecule has 7 nitrogen and oxygen atoms in total. The molecule has 2 aromatic carbocycles. The molecule has 3 rings (SSSR count). The number of para-hydroxylation sites is 1. The number of benzene rings is 2. The first-order chi connectivity index (χ1) is 12.9. The molecule has 2 N–H and O–H groups in total. The van der Waals surface area contributed by atoms with E-state index in [2.05, 4.69) is 15.6 Å². The number of nitrogens with zero attached hydrogens (tertiary/aromatic N) is 1.